The normalized spacial score (nSPS) is 14.5. The van der Waals surface area contributed by atoms with Crippen molar-refractivity contribution in [1.29, 1.82) is 0 Å². The lowest BCUT2D eigenvalue weighted by atomic mass is 10.2. The lowest BCUT2D eigenvalue weighted by molar-refractivity contribution is 0.646. The van der Waals surface area contributed by atoms with Crippen molar-refractivity contribution in [3.8, 4) is 11.4 Å². The minimum absolute atomic E-state index is 0.790. The molecule has 0 aliphatic carbocycles. The number of anilines is 2. The van der Waals surface area contributed by atoms with Gasteiger partial charge in [-0.2, -0.15) is 0 Å². The first-order valence-electron chi connectivity index (χ1n) is 8.85. The minimum atomic E-state index is 0.790. The van der Waals surface area contributed by atoms with Gasteiger partial charge in [0.2, 0.25) is 0 Å². The summed E-state index contributed by atoms with van der Waals surface area (Å²) in [6.07, 6.45) is 0. The minimum Gasteiger partial charge on any atom is -0.368 e. The van der Waals surface area contributed by atoms with Crippen LogP contribution in [0.1, 0.15) is 5.69 Å². The van der Waals surface area contributed by atoms with Crippen LogP contribution >= 0.6 is 15.9 Å². The van der Waals surface area contributed by atoms with Crippen molar-refractivity contribution in [3.05, 3.63) is 70.8 Å². The van der Waals surface area contributed by atoms with Gasteiger partial charge < -0.3 is 9.80 Å². The van der Waals surface area contributed by atoms with Crippen LogP contribution in [0, 0.1) is 6.92 Å². The van der Waals surface area contributed by atoms with E-state index in [2.05, 4.69) is 79.2 Å². The molecule has 0 radical (unpaired) electrons. The molecule has 0 N–H and O–H groups in total. The smallest absolute Gasteiger partial charge is 0.161 e. The zero-order chi connectivity index (χ0) is 17.9. The van der Waals surface area contributed by atoms with E-state index in [0.717, 1.165) is 53.6 Å². The number of hydrogen-bond acceptors (Lipinski definition) is 4. The molecule has 1 saturated heterocycles. The Morgan fingerprint density at radius 2 is 1.46 bits per heavy atom. The Kier molecular flexibility index (Phi) is 4.89. The number of benzene rings is 2. The van der Waals surface area contributed by atoms with Crippen LogP contribution in [-0.2, 0) is 0 Å². The Morgan fingerprint density at radius 1 is 0.808 bits per heavy atom. The SMILES string of the molecule is Cc1cc(N2CCN(c3ccccc3)CC2)nc(-c2ccc(Br)cc2)n1. The highest BCUT2D eigenvalue weighted by molar-refractivity contribution is 9.10. The van der Waals surface area contributed by atoms with Gasteiger partial charge in [-0.15, -0.1) is 0 Å². The van der Waals surface area contributed by atoms with Crippen molar-refractivity contribution in [2.75, 3.05) is 36.0 Å². The van der Waals surface area contributed by atoms with Gasteiger partial charge in [0.15, 0.2) is 5.82 Å². The van der Waals surface area contributed by atoms with Gasteiger partial charge in [-0.25, -0.2) is 9.97 Å². The molecule has 4 rings (SSSR count). The third kappa shape index (κ3) is 3.73. The molecule has 1 aromatic heterocycles. The number of halogens is 1. The number of rotatable bonds is 3. The number of aryl methyl sites for hydroxylation is 1. The van der Waals surface area contributed by atoms with E-state index in [4.69, 9.17) is 4.98 Å². The maximum absolute atomic E-state index is 4.84. The van der Waals surface area contributed by atoms with Crippen LogP contribution in [-0.4, -0.2) is 36.1 Å². The second-order valence-electron chi connectivity index (χ2n) is 6.51. The number of piperazine rings is 1. The van der Waals surface area contributed by atoms with E-state index in [1.54, 1.807) is 0 Å². The van der Waals surface area contributed by atoms with Gasteiger partial charge in [-0.3, -0.25) is 0 Å². The summed E-state index contributed by atoms with van der Waals surface area (Å²) in [7, 11) is 0. The van der Waals surface area contributed by atoms with Crippen LogP contribution in [0.5, 0.6) is 0 Å². The van der Waals surface area contributed by atoms with Crippen LogP contribution < -0.4 is 9.80 Å². The van der Waals surface area contributed by atoms with Crippen molar-refractivity contribution < 1.29 is 0 Å². The molecular weight excluding hydrogens is 388 g/mol. The zero-order valence-electron chi connectivity index (χ0n) is 14.8. The summed E-state index contributed by atoms with van der Waals surface area (Å²) in [6.45, 7) is 5.96. The molecule has 0 unspecified atom stereocenters. The van der Waals surface area contributed by atoms with E-state index in [-0.39, 0.29) is 0 Å². The Morgan fingerprint density at radius 3 is 2.15 bits per heavy atom. The number of nitrogens with zero attached hydrogens (tertiary/aromatic N) is 4. The highest BCUT2D eigenvalue weighted by Gasteiger charge is 2.19. The summed E-state index contributed by atoms with van der Waals surface area (Å²) < 4.78 is 1.06. The van der Waals surface area contributed by atoms with E-state index in [1.165, 1.54) is 5.69 Å². The van der Waals surface area contributed by atoms with E-state index in [0.29, 0.717) is 0 Å². The molecule has 2 aromatic carbocycles. The summed E-state index contributed by atoms with van der Waals surface area (Å²) in [6, 6.07) is 20.9. The summed E-state index contributed by atoms with van der Waals surface area (Å²) in [5, 5.41) is 0. The monoisotopic (exact) mass is 408 g/mol. The molecule has 5 heteroatoms. The summed E-state index contributed by atoms with van der Waals surface area (Å²) in [4.78, 5) is 14.3. The molecule has 0 saturated carbocycles. The number of aromatic nitrogens is 2. The van der Waals surface area contributed by atoms with Crippen LogP contribution in [0.15, 0.2) is 65.1 Å². The van der Waals surface area contributed by atoms with E-state index >= 15 is 0 Å². The van der Waals surface area contributed by atoms with E-state index in [1.807, 2.05) is 19.1 Å². The molecule has 26 heavy (non-hydrogen) atoms. The molecule has 0 amide bonds. The van der Waals surface area contributed by atoms with Gasteiger partial charge in [0.1, 0.15) is 5.82 Å². The summed E-state index contributed by atoms with van der Waals surface area (Å²) in [5.41, 5.74) is 3.33. The number of hydrogen-bond donors (Lipinski definition) is 0. The van der Waals surface area contributed by atoms with Gasteiger partial charge >= 0.3 is 0 Å². The van der Waals surface area contributed by atoms with Crippen molar-refractivity contribution >= 4 is 27.4 Å². The first-order valence-corrected chi connectivity index (χ1v) is 9.65. The van der Waals surface area contributed by atoms with Crippen LogP contribution in [0.3, 0.4) is 0 Å². The highest BCUT2D eigenvalue weighted by Crippen LogP contribution is 2.24. The van der Waals surface area contributed by atoms with Crippen molar-refractivity contribution in [2.24, 2.45) is 0 Å². The third-order valence-corrected chi connectivity index (χ3v) is 5.20. The highest BCUT2D eigenvalue weighted by atomic mass is 79.9. The first kappa shape index (κ1) is 17.0. The average Bonchev–Trinajstić information content (AvgIpc) is 2.69. The Balaban J connectivity index is 1.53. The molecular formula is C21H21BrN4. The van der Waals surface area contributed by atoms with E-state index < -0.39 is 0 Å². The molecule has 1 aliphatic heterocycles. The van der Waals surface area contributed by atoms with Crippen molar-refractivity contribution in [3.63, 3.8) is 0 Å². The van der Waals surface area contributed by atoms with Crippen molar-refractivity contribution in [1.82, 2.24) is 9.97 Å². The third-order valence-electron chi connectivity index (χ3n) is 4.67. The maximum atomic E-state index is 4.84. The second kappa shape index (κ2) is 7.46. The fourth-order valence-electron chi connectivity index (χ4n) is 3.27. The Hall–Kier alpha value is -2.40. The second-order valence-corrected chi connectivity index (χ2v) is 7.42. The quantitative estimate of drug-likeness (QED) is 0.636. The maximum Gasteiger partial charge on any atom is 0.161 e. The summed E-state index contributed by atoms with van der Waals surface area (Å²) in [5.74, 6) is 1.81. The first-order chi connectivity index (χ1) is 12.7. The van der Waals surface area contributed by atoms with Crippen LogP contribution in [0.4, 0.5) is 11.5 Å². The summed E-state index contributed by atoms with van der Waals surface area (Å²) >= 11 is 3.48. The van der Waals surface area contributed by atoms with Gasteiger partial charge in [-0.1, -0.05) is 46.3 Å². The molecule has 1 aliphatic rings. The van der Waals surface area contributed by atoms with Crippen LogP contribution in [0.2, 0.25) is 0 Å². The molecule has 4 nitrogen and oxygen atoms in total. The molecule has 0 bridgehead atoms. The number of para-hydroxylation sites is 1. The van der Waals surface area contributed by atoms with Gasteiger partial charge in [0.05, 0.1) is 0 Å². The molecule has 2 heterocycles. The van der Waals surface area contributed by atoms with Crippen molar-refractivity contribution in [2.45, 2.75) is 6.92 Å². The molecule has 0 spiro atoms. The predicted octanol–water partition coefficient (Wildman–Crippen LogP) is 4.54. The average molecular weight is 409 g/mol. The molecule has 0 atom stereocenters. The standard InChI is InChI=1S/C21H21BrN4/c1-16-15-20(24-21(23-16)17-7-9-18(22)10-8-17)26-13-11-25(12-14-26)19-5-3-2-4-6-19/h2-10,15H,11-14H2,1H3. The van der Waals surface area contributed by atoms with E-state index in [9.17, 15) is 0 Å². The predicted molar refractivity (Wildman–Crippen MR) is 111 cm³/mol. The fraction of sp³-hybridized carbons (Fsp3) is 0.238. The largest absolute Gasteiger partial charge is 0.368 e. The van der Waals surface area contributed by atoms with Gasteiger partial charge in [0.25, 0.3) is 0 Å². The van der Waals surface area contributed by atoms with Gasteiger partial charge in [-0.05, 0) is 31.2 Å². The Labute approximate surface area is 162 Å². The molecule has 3 aromatic rings. The molecule has 132 valence electrons. The molecule has 1 fully saturated rings. The zero-order valence-corrected chi connectivity index (χ0v) is 16.4. The lowest BCUT2D eigenvalue weighted by Crippen LogP contribution is -2.46. The van der Waals surface area contributed by atoms with Crippen LogP contribution in [0.25, 0.3) is 11.4 Å². The van der Waals surface area contributed by atoms with Gasteiger partial charge in [0, 0.05) is 53.7 Å². The topological polar surface area (TPSA) is 32.3 Å². The fourth-order valence-corrected chi connectivity index (χ4v) is 3.54. The Bertz CT molecular complexity index is 872. The lowest BCUT2D eigenvalue weighted by Gasteiger charge is -2.36.